The SMILES string of the molecule is C=C(COc1ccc2ccccc2c1)OS(=O)(=O)C(F)(F)F. The monoisotopic (exact) mass is 332 g/mol. The molecule has 2 aromatic carbocycles. The number of hydrogen-bond donors (Lipinski definition) is 0. The van der Waals surface area contributed by atoms with Gasteiger partial charge in [-0.25, -0.2) is 0 Å². The molecule has 0 fully saturated rings. The zero-order valence-electron chi connectivity index (χ0n) is 11.1. The highest BCUT2D eigenvalue weighted by atomic mass is 32.2. The van der Waals surface area contributed by atoms with Crippen molar-refractivity contribution < 1.29 is 30.5 Å². The van der Waals surface area contributed by atoms with E-state index in [-0.39, 0.29) is 0 Å². The van der Waals surface area contributed by atoms with Gasteiger partial charge in [-0.3, -0.25) is 0 Å². The van der Waals surface area contributed by atoms with Gasteiger partial charge in [0.05, 0.1) is 0 Å². The maximum atomic E-state index is 12.1. The second-order valence-corrected chi connectivity index (χ2v) is 5.86. The van der Waals surface area contributed by atoms with Gasteiger partial charge in [0.2, 0.25) is 0 Å². The van der Waals surface area contributed by atoms with Crippen molar-refractivity contribution in [2.24, 2.45) is 0 Å². The van der Waals surface area contributed by atoms with Crippen molar-refractivity contribution in [2.75, 3.05) is 6.61 Å². The van der Waals surface area contributed by atoms with Crippen molar-refractivity contribution in [3.8, 4) is 5.75 Å². The summed E-state index contributed by atoms with van der Waals surface area (Å²) in [5.74, 6) is -0.307. The topological polar surface area (TPSA) is 52.6 Å². The molecule has 0 saturated carbocycles. The minimum Gasteiger partial charge on any atom is -0.486 e. The summed E-state index contributed by atoms with van der Waals surface area (Å²) in [6.07, 6.45) is 0. The molecule has 0 radical (unpaired) electrons. The van der Waals surface area contributed by atoms with Gasteiger partial charge in [0, 0.05) is 0 Å². The highest BCUT2D eigenvalue weighted by Gasteiger charge is 2.48. The Morgan fingerprint density at radius 1 is 1.09 bits per heavy atom. The maximum Gasteiger partial charge on any atom is 0.534 e. The molecule has 0 bridgehead atoms. The zero-order chi connectivity index (χ0) is 16.4. The molecule has 4 nitrogen and oxygen atoms in total. The van der Waals surface area contributed by atoms with E-state index in [1.807, 2.05) is 24.3 Å². The van der Waals surface area contributed by atoms with Gasteiger partial charge in [-0.1, -0.05) is 36.9 Å². The zero-order valence-corrected chi connectivity index (χ0v) is 11.9. The number of fused-ring (bicyclic) bond motifs is 1. The molecule has 0 unspecified atom stereocenters. The van der Waals surface area contributed by atoms with Crippen molar-refractivity contribution >= 4 is 20.9 Å². The van der Waals surface area contributed by atoms with E-state index >= 15 is 0 Å². The number of benzene rings is 2. The van der Waals surface area contributed by atoms with Crippen LogP contribution >= 0.6 is 0 Å². The van der Waals surface area contributed by atoms with E-state index in [0.29, 0.717) is 5.75 Å². The predicted molar refractivity (Wildman–Crippen MR) is 74.6 cm³/mol. The first kappa shape index (κ1) is 16.2. The summed E-state index contributed by atoms with van der Waals surface area (Å²) in [5, 5.41) is 1.83. The smallest absolute Gasteiger partial charge is 0.486 e. The Kier molecular flexibility index (Phi) is 4.32. The molecule has 0 aliphatic rings. The third-order valence-electron chi connectivity index (χ3n) is 2.63. The molecule has 0 aromatic heterocycles. The van der Waals surface area contributed by atoms with Gasteiger partial charge in [0.25, 0.3) is 0 Å². The highest BCUT2D eigenvalue weighted by Crippen LogP contribution is 2.26. The molecule has 118 valence electrons. The van der Waals surface area contributed by atoms with Gasteiger partial charge < -0.3 is 8.92 Å². The van der Waals surface area contributed by atoms with E-state index < -0.39 is 28.0 Å². The molecular formula is C14H11F3O4S. The lowest BCUT2D eigenvalue weighted by molar-refractivity contribution is -0.0525. The van der Waals surface area contributed by atoms with Crippen LogP contribution in [0.1, 0.15) is 0 Å². The minimum absolute atomic E-state index is 0.354. The van der Waals surface area contributed by atoms with E-state index in [4.69, 9.17) is 4.74 Å². The second kappa shape index (κ2) is 5.88. The van der Waals surface area contributed by atoms with Crippen LogP contribution in [0.2, 0.25) is 0 Å². The lowest BCUT2D eigenvalue weighted by Crippen LogP contribution is -2.26. The molecular weight excluding hydrogens is 321 g/mol. The fraction of sp³-hybridized carbons (Fsp3) is 0.143. The molecule has 0 spiro atoms. The lowest BCUT2D eigenvalue weighted by Gasteiger charge is -2.12. The summed E-state index contributed by atoms with van der Waals surface area (Å²) in [5.41, 5.74) is -5.50. The van der Waals surface area contributed by atoms with Crippen LogP contribution in [0.25, 0.3) is 10.8 Å². The number of halogens is 3. The third-order valence-corrected chi connectivity index (χ3v) is 3.65. The first-order valence-electron chi connectivity index (χ1n) is 5.99. The van der Waals surface area contributed by atoms with Crippen molar-refractivity contribution in [1.29, 1.82) is 0 Å². The average molecular weight is 332 g/mol. The van der Waals surface area contributed by atoms with Gasteiger partial charge in [-0.15, -0.1) is 0 Å². The Balaban J connectivity index is 2.01. The molecule has 0 aliphatic carbocycles. The normalized spacial score (nSPS) is 12.1. The highest BCUT2D eigenvalue weighted by molar-refractivity contribution is 7.87. The molecule has 0 amide bonds. The number of alkyl halides is 3. The van der Waals surface area contributed by atoms with Crippen molar-refractivity contribution in [2.45, 2.75) is 5.51 Å². The fourth-order valence-corrected chi connectivity index (χ4v) is 2.10. The quantitative estimate of drug-likeness (QED) is 0.477. The van der Waals surface area contributed by atoms with Crippen LogP contribution in [-0.4, -0.2) is 20.5 Å². The van der Waals surface area contributed by atoms with Gasteiger partial charge in [-0.2, -0.15) is 21.6 Å². The largest absolute Gasteiger partial charge is 0.534 e. The van der Waals surface area contributed by atoms with Gasteiger partial charge in [-0.05, 0) is 22.9 Å². The standard InChI is InChI=1S/C14H11F3O4S/c1-10(21-22(18,19)14(15,16)17)9-20-13-7-6-11-4-2-3-5-12(11)8-13/h2-8H,1,9H2. The van der Waals surface area contributed by atoms with Crippen molar-refractivity contribution in [1.82, 2.24) is 0 Å². The van der Waals surface area contributed by atoms with Gasteiger partial charge in [0.1, 0.15) is 18.1 Å². The van der Waals surface area contributed by atoms with Crippen LogP contribution in [0.4, 0.5) is 13.2 Å². The molecule has 0 atom stereocenters. The molecule has 22 heavy (non-hydrogen) atoms. The van der Waals surface area contributed by atoms with Crippen LogP contribution in [0.3, 0.4) is 0 Å². The molecule has 0 N–H and O–H groups in total. The Labute approximate surface area is 124 Å². The van der Waals surface area contributed by atoms with Crippen LogP contribution in [0.5, 0.6) is 5.75 Å². The molecule has 2 aromatic rings. The molecule has 0 aliphatic heterocycles. The summed E-state index contributed by atoms with van der Waals surface area (Å²) < 4.78 is 67.0. The van der Waals surface area contributed by atoms with Gasteiger partial charge in [0.15, 0.2) is 0 Å². The van der Waals surface area contributed by atoms with E-state index in [9.17, 15) is 21.6 Å². The summed E-state index contributed by atoms with van der Waals surface area (Å²) in [6.45, 7) is 2.58. The van der Waals surface area contributed by atoms with Crippen molar-refractivity contribution in [3.05, 3.63) is 54.8 Å². The Morgan fingerprint density at radius 3 is 2.36 bits per heavy atom. The Bertz CT molecular complexity index is 797. The van der Waals surface area contributed by atoms with E-state index in [1.54, 1.807) is 18.2 Å². The molecule has 0 saturated heterocycles. The summed E-state index contributed by atoms with van der Waals surface area (Å²) in [6, 6.07) is 12.4. The minimum atomic E-state index is -5.72. The van der Waals surface area contributed by atoms with Crippen LogP contribution in [0.15, 0.2) is 54.8 Å². The van der Waals surface area contributed by atoms with E-state index in [2.05, 4.69) is 10.8 Å². The van der Waals surface area contributed by atoms with Crippen LogP contribution in [-0.2, 0) is 14.3 Å². The Morgan fingerprint density at radius 2 is 1.73 bits per heavy atom. The fourth-order valence-electron chi connectivity index (χ4n) is 1.65. The number of hydrogen-bond acceptors (Lipinski definition) is 4. The van der Waals surface area contributed by atoms with Gasteiger partial charge >= 0.3 is 15.6 Å². The summed E-state index contributed by atoms with van der Waals surface area (Å²) in [4.78, 5) is 0. The third kappa shape index (κ3) is 3.70. The van der Waals surface area contributed by atoms with E-state index in [1.165, 1.54) is 0 Å². The maximum absolute atomic E-state index is 12.1. The first-order valence-corrected chi connectivity index (χ1v) is 7.40. The molecule has 0 heterocycles. The number of ether oxygens (including phenoxy) is 1. The Hall–Kier alpha value is -2.22. The van der Waals surface area contributed by atoms with Crippen molar-refractivity contribution in [3.63, 3.8) is 0 Å². The average Bonchev–Trinajstić information content (AvgIpc) is 2.43. The van der Waals surface area contributed by atoms with Crippen LogP contribution in [0, 0.1) is 0 Å². The lowest BCUT2D eigenvalue weighted by atomic mass is 10.1. The first-order chi connectivity index (χ1) is 10.2. The molecule has 8 heteroatoms. The number of rotatable bonds is 5. The van der Waals surface area contributed by atoms with E-state index in [0.717, 1.165) is 10.8 Å². The second-order valence-electron chi connectivity index (χ2n) is 4.32. The predicted octanol–water partition coefficient (Wildman–Crippen LogP) is 3.60. The van der Waals surface area contributed by atoms with Crippen LogP contribution < -0.4 is 4.74 Å². The molecule has 2 rings (SSSR count). The summed E-state index contributed by atoms with van der Waals surface area (Å²) in [7, 11) is -5.72. The summed E-state index contributed by atoms with van der Waals surface area (Å²) >= 11 is 0.